The topological polar surface area (TPSA) is 80.4 Å². The second-order valence-electron chi connectivity index (χ2n) is 3.68. The van der Waals surface area contributed by atoms with Gasteiger partial charge in [-0.05, 0) is 6.92 Å². The van der Waals surface area contributed by atoms with Crippen molar-refractivity contribution in [2.75, 3.05) is 0 Å². The van der Waals surface area contributed by atoms with Crippen LogP contribution in [0.2, 0.25) is 0 Å². The summed E-state index contributed by atoms with van der Waals surface area (Å²) in [5, 5.41) is 8.61. The maximum absolute atomic E-state index is 11.8. The van der Waals surface area contributed by atoms with Crippen LogP contribution in [0.5, 0.6) is 0 Å². The lowest BCUT2D eigenvalue weighted by atomic mass is 9.89. The van der Waals surface area contributed by atoms with Crippen molar-refractivity contribution >= 4 is 11.8 Å². The van der Waals surface area contributed by atoms with Crippen molar-refractivity contribution in [1.29, 1.82) is 0 Å². The molecule has 0 aromatic heterocycles. The highest BCUT2D eigenvalue weighted by Crippen LogP contribution is 2.14. The zero-order valence-corrected chi connectivity index (χ0v) is 8.43. The van der Waals surface area contributed by atoms with E-state index in [-0.39, 0.29) is 12.2 Å². The Balaban J connectivity index is 2.89. The summed E-state index contributed by atoms with van der Waals surface area (Å²) in [5.41, 5.74) is 4.74. The third kappa shape index (κ3) is 2.89. The standard InChI is InChI=1S/C11H13NO3/c1-11(12,7-9(13)14)10(15)8-5-3-2-4-6-8/h2-6H,7,12H2,1H3,(H,13,14). The molecule has 0 radical (unpaired) electrons. The van der Waals surface area contributed by atoms with E-state index < -0.39 is 11.5 Å². The maximum atomic E-state index is 11.8. The molecule has 0 saturated carbocycles. The number of aliphatic carboxylic acids is 1. The minimum atomic E-state index is -1.35. The Kier molecular flexibility index (Phi) is 3.21. The number of rotatable bonds is 4. The number of ketones is 1. The summed E-state index contributed by atoms with van der Waals surface area (Å²) in [7, 11) is 0. The normalized spacial score (nSPS) is 14.3. The van der Waals surface area contributed by atoms with Crippen LogP contribution in [0.4, 0.5) is 0 Å². The molecule has 0 aliphatic heterocycles. The number of Topliss-reactive ketones (excluding diaryl/α,β-unsaturated/α-hetero) is 1. The second kappa shape index (κ2) is 4.23. The molecule has 0 aliphatic rings. The van der Waals surface area contributed by atoms with Gasteiger partial charge < -0.3 is 10.8 Å². The zero-order valence-electron chi connectivity index (χ0n) is 8.43. The molecule has 0 spiro atoms. The largest absolute Gasteiger partial charge is 0.481 e. The van der Waals surface area contributed by atoms with Crippen LogP contribution in [0.25, 0.3) is 0 Å². The number of carboxylic acid groups (broad SMARTS) is 1. The molecule has 1 aromatic rings. The van der Waals surface area contributed by atoms with Gasteiger partial charge in [-0.25, -0.2) is 0 Å². The molecule has 0 saturated heterocycles. The van der Waals surface area contributed by atoms with Crippen LogP contribution >= 0.6 is 0 Å². The molecule has 4 nitrogen and oxygen atoms in total. The fourth-order valence-corrected chi connectivity index (χ4v) is 1.31. The minimum Gasteiger partial charge on any atom is -0.481 e. The Morgan fingerprint density at radius 1 is 1.33 bits per heavy atom. The van der Waals surface area contributed by atoms with Crippen molar-refractivity contribution in [3.8, 4) is 0 Å². The molecule has 4 heteroatoms. The first-order valence-electron chi connectivity index (χ1n) is 4.54. The van der Waals surface area contributed by atoms with E-state index in [1.165, 1.54) is 6.92 Å². The lowest BCUT2D eigenvalue weighted by Crippen LogP contribution is -2.46. The smallest absolute Gasteiger partial charge is 0.305 e. The van der Waals surface area contributed by atoms with E-state index in [1.807, 2.05) is 0 Å². The van der Waals surface area contributed by atoms with Crippen molar-refractivity contribution in [3.63, 3.8) is 0 Å². The number of carbonyl (C=O) groups is 2. The molecule has 1 aromatic carbocycles. The van der Waals surface area contributed by atoms with Crippen LogP contribution < -0.4 is 5.73 Å². The number of carbonyl (C=O) groups excluding carboxylic acids is 1. The van der Waals surface area contributed by atoms with Gasteiger partial charge in [0, 0.05) is 5.56 Å². The van der Waals surface area contributed by atoms with Crippen molar-refractivity contribution in [3.05, 3.63) is 35.9 Å². The Labute approximate surface area is 87.7 Å². The second-order valence-corrected chi connectivity index (χ2v) is 3.68. The van der Waals surface area contributed by atoms with Gasteiger partial charge in [-0.2, -0.15) is 0 Å². The van der Waals surface area contributed by atoms with Crippen LogP contribution in [0.15, 0.2) is 30.3 Å². The first-order valence-corrected chi connectivity index (χ1v) is 4.54. The molecular weight excluding hydrogens is 194 g/mol. The van der Waals surface area contributed by atoms with Crippen LogP contribution in [-0.2, 0) is 4.79 Å². The minimum absolute atomic E-state index is 0.356. The number of hydrogen-bond donors (Lipinski definition) is 2. The molecule has 0 fully saturated rings. The van der Waals surface area contributed by atoms with E-state index in [9.17, 15) is 9.59 Å². The van der Waals surface area contributed by atoms with E-state index in [2.05, 4.69) is 0 Å². The highest BCUT2D eigenvalue weighted by atomic mass is 16.4. The molecular formula is C11H13NO3. The third-order valence-corrected chi connectivity index (χ3v) is 2.07. The molecule has 1 rings (SSSR count). The van der Waals surface area contributed by atoms with E-state index >= 15 is 0 Å². The average Bonchev–Trinajstić information content (AvgIpc) is 2.16. The molecule has 3 N–H and O–H groups in total. The third-order valence-electron chi connectivity index (χ3n) is 2.07. The molecule has 0 heterocycles. The van der Waals surface area contributed by atoms with Crippen LogP contribution in [0.3, 0.4) is 0 Å². The lowest BCUT2D eigenvalue weighted by molar-refractivity contribution is -0.137. The van der Waals surface area contributed by atoms with Crippen LogP contribution in [0, 0.1) is 0 Å². The summed E-state index contributed by atoms with van der Waals surface area (Å²) >= 11 is 0. The predicted molar refractivity (Wildman–Crippen MR) is 55.6 cm³/mol. The van der Waals surface area contributed by atoms with E-state index in [0.29, 0.717) is 5.56 Å². The van der Waals surface area contributed by atoms with Crippen molar-refractivity contribution < 1.29 is 14.7 Å². The maximum Gasteiger partial charge on any atom is 0.305 e. The first kappa shape index (κ1) is 11.4. The van der Waals surface area contributed by atoms with E-state index in [4.69, 9.17) is 10.8 Å². The molecule has 1 atom stereocenters. The number of benzene rings is 1. The molecule has 0 bridgehead atoms. The first-order chi connectivity index (χ1) is 6.93. The Hall–Kier alpha value is -1.68. The quantitative estimate of drug-likeness (QED) is 0.723. The molecule has 1 unspecified atom stereocenters. The predicted octanol–water partition coefficient (Wildman–Crippen LogP) is 1.06. The van der Waals surface area contributed by atoms with Gasteiger partial charge in [0.2, 0.25) is 0 Å². The number of nitrogens with two attached hydrogens (primary N) is 1. The summed E-state index contributed by atoms with van der Waals surface area (Å²) in [6.45, 7) is 1.43. The summed E-state index contributed by atoms with van der Waals surface area (Å²) in [6, 6.07) is 8.45. The fraction of sp³-hybridized carbons (Fsp3) is 0.273. The lowest BCUT2D eigenvalue weighted by Gasteiger charge is -2.20. The monoisotopic (exact) mass is 207 g/mol. The Morgan fingerprint density at radius 3 is 2.33 bits per heavy atom. The number of hydrogen-bond acceptors (Lipinski definition) is 3. The van der Waals surface area contributed by atoms with Crippen molar-refractivity contribution in [2.45, 2.75) is 18.9 Å². The average molecular weight is 207 g/mol. The van der Waals surface area contributed by atoms with Gasteiger partial charge in [0.15, 0.2) is 5.78 Å². The molecule has 0 aliphatic carbocycles. The van der Waals surface area contributed by atoms with Gasteiger partial charge in [-0.3, -0.25) is 9.59 Å². The van der Waals surface area contributed by atoms with Crippen molar-refractivity contribution in [1.82, 2.24) is 0 Å². The molecule has 15 heavy (non-hydrogen) atoms. The van der Waals surface area contributed by atoms with Gasteiger partial charge in [0.05, 0.1) is 12.0 Å². The molecule has 0 amide bonds. The van der Waals surface area contributed by atoms with Gasteiger partial charge in [-0.1, -0.05) is 30.3 Å². The SMILES string of the molecule is CC(N)(CC(=O)O)C(=O)c1ccccc1. The van der Waals surface area contributed by atoms with Crippen molar-refractivity contribution in [2.24, 2.45) is 5.73 Å². The van der Waals surface area contributed by atoms with E-state index in [0.717, 1.165) is 0 Å². The summed E-state index contributed by atoms with van der Waals surface area (Å²) in [4.78, 5) is 22.3. The summed E-state index contributed by atoms with van der Waals surface area (Å²) < 4.78 is 0. The summed E-state index contributed by atoms with van der Waals surface area (Å²) in [5.74, 6) is -1.44. The Bertz CT molecular complexity index is 371. The van der Waals surface area contributed by atoms with Gasteiger partial charge in [-0.15, -0.1) is 0 Å². The number of carboxylic acids is 1. The highest BCUT2D eigenvalue weighted by molar-refractivity contribution is 6.04. The highest BCUT2D eigenvalue weighted by Gasteiger charge is 2.31. The van der Waals surface area contributed by atoms with Gasteiger partial charge in [0.1, 0.15) is 0 Å². The fourth-order valence-electron chi connectivity index (χ4n) is 1.31. The van der Waals surface area contributed by atoms with Crippen LogP contribution in [0.1, 0.15) is 23.7 Å². The summed E-state index contributed by atoms with van der Waals surface area (Å²) in [6.07, 6.45) is -0.374. The van der Waals surface area contributed by atoms with E-state index in [1.54, 1.807) is 30.3 Å². The zero-order chi connectivity index (χ0) is 11.5. The van der Waals surface area contributed by atoms with Gasteiger partial charge in [0.25, 0.3) is 0 Å². The Morgan fingerprint density at radius 2 is 1.87 bits per heavy atom. The van der Waals surface area contributed by atoms with Gasteiger partial charge >= 0.3 is 5.97 Å². The molecule has 80 valence electrons. The van der Waals surface area contributed by atoms with Crippen LogP contribution in [-0.4, -0.2) is 22.4 Å².